The first-order valence-electron chi connectivity index (χ1n) is 8.62. The number of aromatic nitrogens is 3. The van der Waals surface area contributed by atoms with Gasteiger partial charge in [-0.25, -0.2) is 14.8 Å². The van der Waals surface area contributed by atoms with Crippen molar-refractivity contribution in [3.05, 3.63) is 29.7 Å². The van der Waals surface area contributed by atoms with E-state index >= 15 is 0 Å². The van der Waals surface area contributed by atoms with Crippen LogP contribution in [0.15, 0.2) is 18.5 Å². The van der Waals surface area contributed by atoms with Crippen LogP contribution in [0.2, 0.25) is 0 Å². The quantitative estimate of drug-likeness (QED) is 0.683. The molecule has 0 radical (unpaired) electrons. The summed E-state index contributed by atoms with van der Waals surface area (Å²) < 4.78 is 56.0. The van der Waals surface area contributed by atoms with Gasteiger partial charge in [0.1, 0.15) is 22.8 Å². The van der Waals surface area contributed by atoms with Gasteiger partial charge in [-0.1, -0.05) is 0 Å². The zero-order valence-corrected chi connectivity index (χ0v) is 15.1. The van der Waals surface area contributed by atoms with E-state index in [2.05, 4.69) is 30.3 Å². The number of alkyl halides is 3. The molecule has 4 rings (SSSR count). The first-order valence-corrected chi connectivity index (χ1v) is 8.62. The Morgan fingerprint density at radius 2 is 2.07 bits per heavy atom. The molecule has 0 spiro atoms. The second kappa shape index (κ2) is 7.35. The number of hydrogen-bond acceptors (Lipinski definition) is 9. The second-order valence-electron chi connectivity index (χ2n) is 6.50. The van der Waals surface area contributed by atoms with Crippen molar-refractivity contribution in [2.75, 3.05) is 37.6 Å². The molecule has 2 atom stereocenters. The van der Waals surface area contributed by atoms with Crippen molar-refractivity contribution in [2.24, 2.45) is 5.92 Å². The van der Waals surface area contributed by atoms with Gasteiger partial charge < -0.3 is 24.8 Å². The van der Waals surface area contributed by atoms with E-state index in [-0.39, 0.29) is 42.3 Å². The van der Waals surface area contributed by atoms with Gasteiger partial charge in [0.05, 0.1) is 39.2 Å². The third-order valence-corrected chi connectivity index (χ3v) is 4.57. The topological polar surface area (TPSA) is 107 Å². The van der Waals surface area contributed by atoms with Gasteiger partial charge in [0.2, 0.25) is 5.95 Å². The van der Waals surface area contributed by atoms with Crippen LogP contribution < -0.4 is 15.4 Å². The first kappa shape index (κ1) is 19.2. The van der Waals surface area contributed by atoms with Gasteiger partial charge in [-0.2, -0.15) is 18.2 Å². The molecule has 1 saturated heterocycles. The Hall–Kier alpha value is -3.15. The molecule has 2 bridgehead atoms. The number of anilines is 3. The molecule has 2 aliphatic heterocycles. The smallest absolute Gasteiger partial charge is 0.421 e. The van der Waals surface area contributed by atoms with E-state index in [1.54, 1.807) is 0 Å². The van der Waals surface area contributed by atoms with Crippen LogP contribution in [-0.4, -0.2) is 53.9 Å². The second-order valence-corrected chi connectivity index (χ2v) is 6.50. The van der Waals surface area contributed by atoms with E-state index in [0.29, 0.717) is 18.5 Å². The zero-order chi connectivity index (χ0) is 20.6. The third-order valence-electron chi connectivity index (χ3n) is 4.57. The van der Waals surface area contributed by atoms with E-state index in [1.165, 1.54) is 19.4 Å². The number of ether oxygens (including phenoxy) is 3. The standard InChI is InChI=1S/C17H16F3N5O4/c1-27-15(26)10-2-13-11(4-21-10)24-16-22-3-9(17(18,19)20)14(25-16)23-12-7-28-5-8(12)6-29-13/h2-4,8,12H,5-7H2,1H3,(H2,22,23,24,25)/t8-,12+/m0/s1. The molecule has 1 fully saturated rings. The highest BCUT2D eigenvalue weighted by Crippen LogP contribution is 2.36. The van der Waals surface area contributed by atoms with Gasteiger partial charge >= 0.3 is 12.1 Å². The van der Waals surface area contributed by atoms with Crippen molar-refractivity contribution in [3.63, 3.8) is 0 Å². The average molecular weight is 411 g/mol. The van der Waals surface area contributed by atoms with Crippen molar-refractivity contribution in [3.8, 4) is 5.75 Å². The predicted octanol–water partition coefficient (Wildman–Crippen LogP) is 2.24. The van der Waals surface area contributed by atoms with Crippen molar-refractivity contribution in [1.82, 2.24) is 15.0 Å². The maximum atomic E-state index is 13.4. The molecule has 2 aromatic rings. The molecule has 4 heterocycles. The lowest BCUT2D eigenvalue weighted by molar-refractivity contribution is -0.137. The number of fused-ring (bicyclic) bond motifs is 4. The molecule has 0 saturated carbocycles. The van der Waals surface area contributed by atoms with Crippen LogP contribution in [0, 0.1) is 5.92 Å². The van der Waals surface area contributed by atoms with E-state index in [0.717, 1.165) is 0 Å². The van der Waals surface area contributed by atoms with E-state index < -0.39 is 23.8 Å². The summed E-state index contributed by atoms with van der Waals surface area (Å²) in [6.45, 7) is 0.644. The van der Waals surface area contributed by atoms with Crippen molar-refractivity contribution >= 4 is 23.4 Å². The Kier molecular flexibility index (Phi) is 4.86. The Balaban J connectivity index is 1.78. The number of rotatable bonds is 1. The molecule has 0 amide bonds. The normalized spacial score (nSPS) is 20.8. The number of carbonyl (C=O) groups is 1. The van der Waals surface area contributed by atoms with Crippen LogP contribution in [0.25, 0.3) is 0 Å². The summed E-state index contributed by atoms with van der Waals surface area (Å²) in [5.74, 6) is -1.07. The summed E-state index contributed by atoms with van der Waals surface area (Å²) in [6, 6.07) is 0.942. The van der Waals surface area contributed by atoms with Crippen LogP contribution >= 0.6 is 0 Å². The highest BCUT2D eigenvalue weighted by atomic mass is 19.4. The minimum atomic E-state index is -4.62. The summed E-state index contributed by atoms with van der Waals surface area (Å²) in [5.41, 5.74) is -0.664. The van der Waals surface area contributed by atoms with Gasteiger partial charge in [0, 0.05) is 18.2 Å². The van der Waals surface area contributed by atoms with E-state index in [4.69, 9.17) is 9.47 Å². The molecular weight excluding hydrogens is 395 g/mol. The van der Waals surface area contributed by atoms with Crippen molar-refractivity contribution < 1.29 is 32.2 Å². The van der Waals surface area contributed by atoms with Gasteiger partial charge in [0.25, 0.3) is 0 Å². The van der Waals surface area contributed by atoms with Crippen LogP contribution in [-0.2, 0) is 15.7 Å². The average Bonchev–Trinajstić information content (AvgIpc) is 3.11. The van der Waals surface area contributed by atoms with Crippen LogP contribution in [0.5, 0.6) is 5.75 Å². The minimum absolute atomic E-state index is 0.0225. The highest BCUT2D eigenvalue weighted by molar-refractivity contribution is 5.88. The number of hydrogen-bond donors (Lipinski definition) is 2. The summed E-state index contributed by atoms with van der Waals surface area (Å²) >= 11 is 0. The largest absolute Gasteiger partial charge is 0.491 e. The Morgan fingerprint density at radius 3 is 2.83 bits per heavy atom. The number of nitrogens with one attached hydrogen (secondary N) is 2. The highest BCUT2D eigenvalue weighted by Gasteiger charge is 2.38. The molecule has 29 heavy (non-hydrogen) atoms. The molecular formula is C17H16F3N5O4. The van der Waals surface area contributed by atoms with Gasteiger partial charge in [-0.05, 0) is 0 Å². The molecule has 2 aromatic heterocycles. The number of pyridine rings is 1. The number of esters is 1. The minimum Gasteiger partial charge on any atom is -0.491 e. The number of methoxy groups -OCH3 is 1. The fourth-order valence-corrected chi connectivity index (χ4v) is 3.04. The predicted molar refractivity (Wildman–Crippen MR) is 93.1 cm³/mol. The summed E-state index contributed by atoms with van der Waals surface area (Å²) in [4.78, 5) is 23.5. The Labute approximate surface area is 162 Å². The number of halogens is 3. The molecule has 0 aromatic carbocycles. The maximum absolute atomic E-state index is 13.4. The van der Waals surface area contributed by atoms with Gasteiger partial charge in [0.15, 0.2) is 5.69 Å². The Morgan fingerprint density at radius 1 is 1.24 bits per heavy atom. The molecule has 0 aliphatic carbocycles. The number of carbonyl (C=O) groups excluding carboxylic acids is 1. The fraction of sp³-hybridized carbons (Fsp3) is 0.412. The van der Waals surface area contributed by atoms with E-state index in [1.807, 2.05) is 0 Å². The lowest BCUT2D eigenvalue weighted by Crippen LogP contribution is -2.33. The summed E-state index contributed by atoms with van der Waals surface area (Å²) in [6.07, 6.45) is -2.62. The summed E-state index contributed by atoms with van der Waals surface area (Å²) in [5, 5.41) is 5.60. The number of nitrogens with zero attached hydrogens (tertiary/aromatic N) is 3. The molecule has 12 heteroatoms. The SMILES string of the molecule is COC(=O)c1cc2c(cn1)Nc1ncc(C(F)(F)F)c(n1)N[C@@H]1COC[C@H]1CO2. The maximum Gasteiger partial charge on any atom is 0.421 e. The molecule has 9 nitrogen and oxygen atoms in total. The summed E-state index contributed by atoms with van der Waals surface area (Å²) in [7, 11) is 1.23. The van der Waals surface area contributed by atoms with Crippen molar-refractivity contribution in [1.29, 1.82) is 0 Å². The lowest BCUT2D eigenvalue weighted by atomic mass is 10.0. The monoisotopic (exact) mass is 411 g/mol. The van der Waals surface area contributed by atoms with Gasteiger partial charge in [-0.3, -0.25) is 0 Å². The van der Waals surface area contributed by atoms with E-state index in [9.17, 15) is 18.0 Å². The molecule has 154 valence electrons. The van der Waals surface area contributed by atoms with Gasteiger partial charge in [-0.15, -0.1) is 0 Å². The Bertz CT molecular complexity index is 940. The molecule has 2 N–H and O–H groups in total. The van der Waals surface area contributed by atoms with Crippen molar-refractivity contribution in [2.45, 2.75) is 12.2 Å². The third kappa shape index (κ3) is 3.88. The fourth-order valence-electron chi connectivity index (χ4n) is 3.04. The first-order chi connectivity index (χ1) is 13.8. The zero-order valence-electron chi connectivity index (χ0n) is 15.1. The van der Waals surface area contributed by atoms with Crippen LogP contribution in [0.3, 0.4) is 0 Å². The van der Waals surface area contributed by atoms with Crippen LogP contribution in [0.4, 0.5) is 30.6 Å². The van der Waals surface area contributed by atoms with Crippen LogP contribution in [0.1, 0.15) is 16.1 Å². The lowest BCUT2D eigenvalue weighted by Gasteiger charge is -2.21. The molecule has 2 aliphatic rings. The molecule has 0 unspecified atom stereocenters.